The minimum absolute atomic E-state index is 0.963. The van der Waals surface area contributed by atoms with Crippen molar-refractivity contribution >= 4 is 27.4 Å². The smallest absolute Gasteiger partial charge is 0.150 e. The summed E-state index contributed by atoms with van der Waals surface area (Å²) >= 11 is 1.61. The van der Waals surface area contributed by atoms with Gasteiger partial charge < -0.3 is 4.90 Å². The normalized spacial score (nSPS) is 16.1. The molecular formula is C17H22N6S. The van der Waals surface area contributed by atoms with Crippen molar-refractivity contribution in [3.63, 3.8) is 0 Å². The summed E-state index contributed by atoms with van der Waals surface area (Å²) < 4.78 is 7.87. The van der Waals surface area contributed by atoms with E-state index in [1.54, 1.807) is 24.2 Å². The molecule has 1 aromatic carbocycles. The largest absolute Gasteiger partial charge is 0.353 e. The molecule has 0 bridgehead atoms. The first-order valence-electron chi connectivity index (χ1n) is 8.54. The average Bonchev–Trinajstić information content (AvgIpc) is 3.29. The molecule has 4 rings (SSSR count). The molecule has 0 unspecified atom stereocenters. The Hall–Kier alpha value is -1.99. The second-order valence-electron chi connectivity index (χ2n) is 6.20. The topological polar surface area (TPSA) is 50.1 Å². The summed E-state index contributed by atoms with van der Waals surface area (Å²) in [5.74, 6) is 1.17. The van der Waals surface area contributed by atoms with E-state index >= 15 is 0 Å². The monoisotopic (exact) mass is 342 g/mol. The Bertz CT molecular complexity index is 760. The molecular weight excluding hydrogens is 320 g/mol. The van der Waals surface area contributed by atoms with E-state index in [9.17, 15) is 0 Å². The van der Waals surface area contributed by atoms with Crippen LogP contribution >= 0.6 is 11.5 Å². The Labute approximate surface area is 145 Å². The lowest BCUT2D eigenvalue weighted by atomic mass is 10.2. The van der Waals surface area contributed by atoms with E-state index in [-0.39, 0.29) is 0 Å². The van der Waals surface area contributed by atoms with Crippen LogP contribution < -0.4 is 4.90 Å². The molecule has 0 spiro atoms. The standard InChI is InChI=1S/C17H22N6S/c1-2-6-16-15(5-1)17(20-24-16)22-11-9-21(10-12-22)7-3-4-8-23-14-18-13-19-23/h1-2,5-6,13-14H,3-4,7-12H2. The average molecular weight is 342 g/mol. The first-order valence-corrected chi connectivity index (χ1v) is 9.31. The molecule has 1 aliphatic rings. The van der Waals surface area contributed by atoms with Crippen molar-refractivity contribution in [3.8, 4) is 0 Å². The molecule has 1 fully saturated rings. The summed E-state index contributed by atoms with van der Waals surface area (Å²) in [7, 11) is 0. The molecule has 0 N–H and O–H groups in total. The Balaban J connectivity index is 1.24. The third kappa shape index (κ3) is 3.42. The molecule has 0 saturated carbocycles. The van der Waals surface area contributed by atoms with Crippen molar-refractivity contribution < 1.29 is 0 Å². The molecule has 3 heterocycles. The zero-order valence-corrected chi connectivity index (χ0v) is 14.5. The predicted molar refractivity (Wildman–Crippen MR) is 97.5 cm³/mol. The minimum Gasteiger partial charge on any atom is -0.353 e. The van der Waals surface area contributed by atoms with Gasteiger partial charge in [0, 0.05) is 38.1 Å². The lowest BCUT2D eigenvalue weighted by molar-refractivity contribution is 0.250. The number of anilines is 1. The van der Waals surface area contributed by atoms with Crippen LogP contribution in [0.5, 0.6) is 0 Å². The number of rotatable bonds is 6. The second kappa shape index (κ2) is 7.27. The van der Waals surface area contributed by atoms with Crippen molar-refractivity contribution in [3.05, 3.63) is 36.9 Å². The molecule has 126 valence electrons. The summed E-state index contributed by atoms with van der Waals surface area (Å²) in [6.45, 7) is 6.50. The van der Waals surface area contributed by atoms with Crippen LogP contribution in [0.1, 0.15) is 12.8 Å². The van der Waals surface area contributed by atoms with E-state index in [1.807, 2.05) is 4.68 Å². The highest BCUT2D eigenvalue weighted by atomic mass is 32.1. The number of benzene rings is 1. The van der Waals surface area contributed by atoms with Gasteiger partial charge in [-0.15, -0.1) is 0 Å². The Morgan fingerprint density at radius 1 is 1.00 bits per heavy atom. The van der Waals surface area contributed by atoms with Crippen molar-refractivity contribution in [2.24, 2.45) is 0 Å². The third-order valence-corrected chi connectivity index (χ3v) is 5.43. The van der Waals surface area contributed by atoms with Crippen molar-refractivity contribution in [2.45, 2.75) is 19.4 Å². The first kappa shape index (κ1) is 15.5. The van der Waals surface area contributed by atoms with Gasteiger partial charge in [0.05, 0.1) is 4.70 Å². The van der Waals surface area contributed by atoms with E-state index < -0.39 is 0 Å². The molecule has 24 heavy (non-hydrogen) atoms. The van der Waals surface area contributed by atoms with E-state index in [2.05, 4.69) is 48.5 Å². The third-order valence-electron chi connectivity index (χ3n) is 4.61. The number of fused-ring (bicyclic) bond motifs is 1. The van der Waals surface area contributed by atoms with Gasteiger partial charge in [-0.25, -0.2) is 4.98 Å². The fourth-order valence-electron chi connectivity index (χ4n) is 3.24. The van der Waals surface area contributed by atoms with Crippen molar-refractivity contribution in [1.29, 1.82) is 0 Å². The molecule has 7 heteroatoms. The number of hydrogen-bond acceptors (Lipinski definition) is 6. The molecule has 0 amide bonds. The SMILES string of the molecule is c1ccc2c(N3CCN(CCCCn4cncn4)CC3)nsc2c1. The number of aryl methyl sites for hydroxylation is 1. The van der Waals surface area contributed by atoms with Crippen LogP contribution in [0.3, 0.4) is 0 Å². The maximum absolute atomic E-state index is 4.68. The second-order valence-corrected chi connectivity index (χ2v) is 7.00. The van der Waals surface area contributed by atoms with Gasteiger partial charge in [0.1, 0.15) is 18.5 Å². The van der Waals surface area contributed by atoms with Crippen LogP contribution in [0, 0.1) is 0 Å². The van der Waals surface area contributed by atoms with Crippen LogP contribution in [0.4, 0.5) is 5.82 Å². The van der Waals surface area contributed by atoms with Gasteiger partial charge in [-0.3, -0.25) is 9.58 Å². The van der Waals surface area contributed by atoms with Crippen LogP contribution in [-0.2, 0) is 6.54 Å². The molecule has 3 aromatic rings. The zero-order valence-electron chi connectivity index (χ0n) is 13.7. The van der Waals surface area contributed by atoms with Gasteiger partial charge >= 0.3 is 0 Å². The molecule has 6 nitrogen and oxygen atoms in total. The summed E-state index contributed by atoms with van der Waals surface area (Å²) in [5.41, 5.74) is 0. The van der Waals surface area contributed by atoms with Crippen LogP contribution in [0.15, 0.2) is 36.9 Å². The highest BCUT2D eigenvalue weighted by molar-refractivity contribution is 7.13. The van der Waals surface area contributed by atoms with E-state index in [0.29, 0.717) is 0 Å². The molecule has 0 atom stereocenters. The summed E-state index contributed by atoms with van der Waals surface area (Å²) in [5, 5.41) is 5.44. The van der Waals surface area contributed by atoms with Gasteiger partial charge in [0.2, 0.25) is 0 Å². The molecule has 1 aliphatic heterocycles. The molecule has 0 radical (unpaired) electrons. The first-order chi connectivity index (χ1) is 11.9. The summed E-state index contributed by atoms with van der Waals surface area (Å²) in [6, 6.07) is 8.53. The van der Waals surface area contributed by atoms with Gasteiger partial charge in [-0.2, -0.15) is 9.47 Å². The highest BCUT2D eigenvalue weighted by Crippen LogP contribution is 2.29. The predicted octanol–water partition coefficient (Wildman–Crippen LogP) is 2.49. The minimum atomic E-state index is 0.963. The molecule has 0 aliphatic carbocycles. The van der Waals surface area contributed by atoms with Gasteiger partial charge in [-0.05, 0) is 43.1 Å². The fourth-order valence-corrected chi connectivity index (χ4v) is 4.04. The number of hydrogen-bond donors (Lipinski definition) is 0. The zero-order chi connectivity index (χ0) is 16.2. The quantitative estimate of drug-likeness (QED) is 0.644. The Kier molecular flexibility index (Phi) is 4.71. The van der Waals surface area contributed by atoms with Crippen molar-refractivity contribution in [1.82, 2.24) is 24.0 Å². The number of nitrogens with zero attached hydrogens (tertiary/aromatic N) is 6. The Morgan fingerprint density at radius 3 is 2.67 bits per heavy atom. The van der Waals surface area contributed by atoms with Crippen LogP contribution in [-0.4, -0.2) is 56.8 Å². The molecule has 1 saturated heterocycles. The lowest BCUT2D eigenvalue weighted by Crippen LogP contribution is -2.46. The van der Waals surface area contributed by atoms with E-state index in [1.165, 1.54) is 28.9 Å². The van der Waals surface area contributed by atoms with Crippen molar-refractivity contribution in [2.75, 3.05) is 37.6 Å². The van der Waals surface area contributed by atoms with Crippen LogP contribution in [0.2, 0.25) is 0 Å². The van der Waals surface area contributed by atoms with E-state index in [4.69, 9.17) is 0 Å². The van der Waals surface area contributed by atoms with Crippen LogP contribution in [0.25, 0.3) is 10.1 Å². The summed E-state index contributed by atoms with van der Waals surface area (Å²) in [4.78, 5) is 8.97. The number of piperazine rings is 1. The maximum Gasteiger partial charge on any atom is 0.150 e. The van der Waals surface area contributed by atoms with E-state index in [0.717, 1.165) is 39.1 Å². The highest BCUT2D eigenvalue weighted by Gasteiger charge is 2.20. The van der Waals surface area contributed by atoms with Gasteiger partial charge in [0.25, 0.3) is 0 Å². The fraction of sp³-hybridized carbons (Fsp3) is 0.471. The van der Waals surface area contributed by atoms with Gasteiger partial charge in [-0.1, -0.05) is 12.1 Å². The Morgan fingerprint density at radius 2 is 1.83 bits per heavy atom. The van der Waals surface area contributed by atoms with Gasteiger partial charge in [0.15, 0.2) is 0 Å². The maximum atomic E-state index is 4.68. The lowest BCUT2D eigenvalue weighted by Gasteiger charge is -2.35. The summed E-state index contributed by atoms with van der Waals surface area (Å²) in [6.07, 6.45) is 5.75. The molecule has 2 aromatic heterocycles. The number of aromatic nitrogens is 4. The number of unbranched alkanes of at least 4 members (excludes halogenated alkanes) is 1.